The van der Waals surface area contributed by atoms with Crippen molar-refractivity contribution in [2.45, 2.75) is 32.3 Å². The number of fused-ring (bicyclic) bond motifs is 1. The number of rotatable bonds is 2. The predicted molar refractivity (Wildman–Crippen MR) is 61.6 cm³/mol. The molecule has 2 atom stereocenters. The van der Waals surface area contributed by atoms with Crippen molar-refractivity contribution in [3.8, 4) is 0 Å². The van der Waals surface area contributed by atoms with E-state index in [1.165, 1.54) is 11.1 Å². The van der Waals surface area contributed by atoms with Gasteiger partial charge in [-0.15, -0.1) is 0 Å². The fraction of sp³-hybridized carbons (Fsp3) is 0.538. The highest BCUT2D eigenvalue weighted by Gasteiger charge is 2.41. The number of hydrogen-bond acceptors (Lipinski definition) is 2. The van der Waals surface area contributed by atoms with Crippen molar-refractivity contribution in [2.24, 2.45) is 11.7 Å². The molecule has 0 amide bonds. The van der Waals surface area contributed by atoms with Gasteiger partial charge in [0.15, 0.2) is 0 Å². The van der Waals surface area contributed by atoms with Crippen molar-refractivity contribution in [2.75, 3.05) is 6.54 Å². The zero-order valence-electron chi connectivity index (χ0n) is 9.46. The third kappa shape index (κ3) is 1.58. The van der Waals surface area contributed by atoms with Crippen molar-refractivity contribution in [1.82, 2.24) is 0 Å². The van der Waals surface area contributed by atoms with Gasteiger partial charge >= 0.3 is 0 Å². The summed E-state index contributed by atoms with van der Waals surface area (Å²) in [7, 11) is 0. The van der Waals surface area contributed by atoms with E-state index in [4.69, 9.17) is 5.73 Å². The zero-order chi connectivity index (χ0) is 11.1. The molecule has 0 radical (unpaired) electrons. The molecule has 2 heteroatoms. The number of aryl methyl sites for hydroxylation is 1. The van der Waals surface area contributed by atoms with Gasteiger partial charge in [0.2, 0.25) is 0 Å². The Labute approximate surface area is 91.1 Å². The van der Waals surface area contributed by atoms with Crippen LogP contribution in [-0.4, -0.2) is 11.7 Å². The molecule has 1 aliphatic carbocycles. The van der Waals surface area contributed by atoms with Crippen molar-refractivity contribution in [3.05, 3.63) is 34.9 Å². The van der Waals surface area contributed by atoms with Crippen molar-refractivity contribution < 1.29 is 5.11 Å². The fourth-order valence-corrected chi connectivity index (χ4v) is 2.64. The van der Waals surface area contributed by atoms with Gasteiger partial charge in [0, 0.05) is 0 Å². The van der Waals surface area contributed by atoms with Gasteiger partial charge in [-0.25, -0.2) is 0 Å². The first-order valence-electron chi connectivity index (χ1n) is 5.60. The smallest absolute Gasteiger partial charge is 0.0939 e. The van der Waals surface area contributed by atoms with Gasteiger partial charge in [-0.3, -0.25) is 0 Å². The van der Waals surface area contributed by atoms with Crippen molar-refractivity contribution >= 4 is 0 Å². The Hall–Kier alpha value is -0.860. The van der Waals surface area contributed by atoms with Crippen LogP contribution in [0, 0.1) is 12.8 Å². The maximum Gasteiger partial charge on any atom is 0.0939 e. The highest BCUT2D eigenvalue weighted by molar-refractivity contribution is 5.41. The summed E-state index contributed by atoms with van der Waals surface area (Å²) in [6.45, 7) is 4.70. The van der Waals surface area contributed by atoms with E-state index in [2.05, 4.69) is 32.0 Å². The molecule has 0 fully saturated rings. The molecule has 1 aromatic rings. The lowest BCUT2D eigenvalue weighted by Crippen LogP contribution is -2.32. The molecule has 2 nitrogen and oxygen atoms in total. The standard InChI is InChI=1S/C13H19NO/c1-9-3-4-11-8-10(2)13(15,5-6-14)12(11)7-9/h3-4,7,10,15H,5-6,8,14H2,1-2H3. The molecular formula is C13H19NO. The second-order valence-corrected chi connectivity index (χ2v) is 4.73. The van der Waals surface area contributed by atoms with E-state index in [1.54, 1.807) is 0 Å². The van der Waals surface area contributed by atoms with Gasteiger partial charge in [-0.2, -0.15) is 0 Å². The second kappa shape index (κ2) is 3.62. The van der Waals surface area contributed by atoms with Gasteiger partial charge in [0.25, 0.3) is 0 Å². The minimum absolute atomic E-state index is 0.276. The van der Waals surface area contributed by atoms with Crippen LogP contribution in [0.15, 0.2) is 18.2 Å². The minimum atomic E-state index is -0.698. The minimum Gasteiger partial charge on any atom is -0.385 e. The topological polar surface area (TPSA) is 46.2 Å². The van der Waals surface area contributed by atoms with Gasteiger partial charge in [0.1, 0.15) is 0 Å². The maximum absolute atomic E-state index is 10.7. The Balaban J connectivity index is 2.47. The van der Waals surface area contributed by atoms with Crippen LogP contribution in [-0.2, 0) is 12.0 Å². The molecule has 2 unspecified atom stereocenters. The van der Waals surface area contributed by atoms with E-state index in [0.717, 1.165) is 12.0 Å². The van der Waals surface area contributed by atoms with E-state index in [-0.39, 0.29) is 5.92 Å². The molecule has 0 aromatic heterocycles. The third-order valence-corrected chi connectivity index (χ3v) is 3.60. The lowest BCUT2D eigenvalue weighted by atomic mass is 9.85. The lowest BCUT2D eigenvalue weighted by Gasteiger charge is -2.28. The summed E-state index contributed by atoms with van der Waals surface area (Å²) >= 11 is 0. The molecule has 0 heterocycles. The monoisotopic (exact) mass is 205 g/mol. The number of nitrogens with two attached hydrogens (primary N) is 1. The van der Waals surface area contributed by atoms with Crippen LogP contribution in [0.4, 0.5) is 0 Å². The fourth-order valence-electron chi connectivity index (χ4n) is 2.64. The Bertz CT molecular complexity index is 375. The molecule has 0 spiro atoms. The summed E-state index contributed by atoms with van der Waals surface area (Å²) in [5, 5.41) is 10.7. The van der Waals surface area contributed by atoms with Crippen LogP contribution >= 0.6 is 0 Å². The average Bonchev–Trinajstić information content (AvgIpc) is 2.42. The molecule has 1 aromatic carbocycles. The van der Waals surface area contributed by atoms with Gasteiger partial charge < -0.3 is 10.8 Å². The zero-order valence-corrected chi connectivity index (χ0v) is 9.46. The molecule has 82 valence electrons. The average molecular weight is 205 g/mol. The molecule has 0 saturated carbocycles. The molecule has 2 rings (SSSR count). The van der Waals surface area contributed by atoms with Crippen LogP contribution in [0.1, 0.15) is 30.0 Å². The van der Waals surface area contributed by atoms with Crippen LogP contribution in [0.2, 0.25) is 0 Å². The number of aliphatic hydroxyl groups is 1. The Morgan fingerprint density at radius 3 is 2.93 bits per heavy atom. The van der Waals surface area contributed by atoms with E-state index in [1.807, 2.05) is 0 Å². The van der Waals surface area contributed by atoms with Gasteiger partial charge in [-0.1, -0.05) is 30.7 Å². The summed E-state index contributed by atoms with van der Waals surface area (Å²) in [6, 6.07) is 6.35. The quantitative estimate of drug-likeness (QED) is 0.772. The molecule has 0 bridgehead atoms. The van der Waals surface area contributed by atoms with E-state index in [0.29, 0.717) is 13.0 Å². The second-order valence-electron chi connectivity index (χ2n) is 4.73. The molecule has 15 heavy (non-hydrogen) atoms. The first-order chi connectivity index (χ1) is 7.08. The Morgan fingerprint density at radius 1 is 1.53 bits per heavy atom. The SMILES string of the molecule is Cc1ccc2c(c1)C(O)(CCN)C(C)C2. The van der Waals surface area contributed by atoms with Crippen molar-refractivity contribution in [1.29, 1.82) is 0 Å². The van der Waals surface area contributed by atoms with Crippen LogP contribution in [0.3, 0.4) is 0 Å². The molecule has 3 N–H and O–H groups in total. The highest BCUT2D eigenvalue weighted by atomic mass is 16.3. The van der Waals surface area contributed by atoms with Crippen LogP contribution in [0.25, 0.3) is 0 Å². The Kier molecular flexibility index (Phi) is 2.57. The predicted octanol–water partition coefficient (Wildman–Crippen LogP) is 1.72. The van der Waals surface area contributed by atoms with E-state index < -0.39 is 5.60 Å². The molecule has 0 aliphatic heterocycles. The first kappa shape index (κ1) is 10.7. The number of hydrogen-bond donors (Lipinski definition) is 2. The largest absolute Gasteiger partial charge is 0.385 e. The first-order valence-corrected chi connectivity index (χ1v) is 5.60. The molecule has 0 saturated heterocycles. The van der Waals surface area contributed by atoms with Crippen LogP contribution < -0.4 is 5.73 Å². The highest BCUT2D eigenvalue weighted by Crippen LogP contribution is 2.43. The lowest BCUT2D eigenvalue weighted by molar-refractivity contribution is -0.0101. The van der Waals surface area contributed by atoms with Gasteiger partial charge in [-0.05, 0) is 43.4 Å². The Morgan fingerprint density at radius 2 is 2.27 bits per heavy atom. The third-order valence-electron chi connectivity index (χ3n) is 3.60. The maximum atomic E-state index is 10.7. The van der Waals surface area contributed by atoms with Gasteiger partial charge in [0.05, 0.1) is 5.60 Å². The van der Waals surface area contributed by atoms with E-state index >= 15 is 0 Å². The van der Waals surface area contributed by atoms with Crippen molar-refractivity contribution in [3.63, 3.8) is 0 Å². The normalized spacial score (nSPS) is 29.2. The molecule has 1 aliphatic rings. The number of benzene rings is 1. The summed E-state index contributed by atoms with van der Waals surface area (Å²) in [4.78, 5) is 0. The molecular weight excluding hydrogens is 186 g/mol. The summed E-state index contributed by atoms with van der Waals surface area (Å²) in [5.74, 6) is 0.276. The summed E-state index contributed by atoms with van der Waals surface area (Å²) in [5.41, 5.74) is 8.48. The van der Waals surface area contributed by atoms with Crippen LogP contribution in [0.5, 0.6) is 0 Å². The van der Waals surface area contributed by atoms with E-state index in [9.17, 15) is 5.11 Å². The summed E-state index contributed by atoms with van der Waals surface area (Å²) in [6.07, 6.45) is 1.62. The summed E-state index contributed by atoms with van der Waals surface area (Å²) < 4.78 is 0.